The predicted molar refractivity (Wildman–Crippen MR) is 74.1 cm³/mol. The lowest BCUT2D eigenvalue weighted by Crippen LogP contribution is -2.45. The molecule has 1 aromatic rings. The van der Waals surface area contributed by atoms with Crippen LogP contribution in [0.5, 0.6) is 5.75 Å². The third-order valence-corrected chi connectivity index (χ3v) is 3.65. The van der Waals surface area contributed by atoms with Gasteiger partial charge < -0.3 is 9.47 Å². The van der Waals surface area contributed by atoms with Crippen molar-refractivity contribution in [2.45, 2.75) is 32.4 Å². The minimum Gasteiger partial charge on any atom is -0.487 e. The van der Waals surface area contributed by atoms with Crippen LogP contribution in [0.1, 0.15) is 25.0 Å². The van der Waals surface area contributed by atoms with Gasteiger partial charge in [0.25, 0.3) is 0 Å². The molecule has 0 unspecified atom stereocenters. The summed E-state index contributed by atoms with van der Waals surface area (Å²) in [6.45, 7) is 8.70. The van der Waals surface area contributed by atoms with Gasteiger partial charge in [-0.25, -0.2) is 5.01 Å². The van der Waals surface area contributed by atoms with Crippen LogP contribution < -0.4 is 10.2 Å². The molecule has 1 fully saturated rings. The van der Waals surface area contributed by atoms with Gasteiger partial charge in [-0.3, -0.25) is 5.43 Å². The zero-order valence-corrected chi connectivity index (χ0v) is 11.7. The van der Waals surface area contributed by atoms with E-state index in [-0.39, 0.29) is 5.60 Å². The topological polar surface area (TPSA) is 33.7 Å². The van der Waals surface area contributed by atoms with Crippen molar-refractivity contribution in [1.29, 1.82) is 0 Å². The number of fused-ring (bicyclic) bond motifs is 1. The molecule has 104 valence electrons. The summed E-state index contributed by atoms with van der Waals surface area (Å²) in [6, 6.07) is 6.51. The van der Waals surface area contributed by atoms with Crippen molar-refractivity contribution in [1.82, 2.24) is 10.4 Å². The molecule has 4 heteroatoms. The minimum absolute atomic E-state index is 0.0570. The van der Waals surface area contributed by atoms with E-state index in [9.17, 15) is 0 Å². The van der Waals surface area contributed by atoms with Crippen molar-refractivity contribution < 1.29 is 9.47 Å². The predicted octanol–water partition coefficient (Wildman–Crippen LogP) is 1.74. The van der Waals surface area contributed by atoms with E-state index in [2.05, 4.69) is 42.5 Å². The zero-order valence-electron chi connectivity index (χ0n) is 11.7. The molecule has 2 aliphatic rings. The highest BCUT2D eigenvalue weighted by atomic mass is 16.5. The average Bonchev–Trinajstić information content (AvgIpc) is 2.70. The SMILES string of the molecule is CC1(C)Cc2cc(CNN3CCOCC3)ccc2O1. The first kappa shape index (κ1) is 12.9. The molecule has 1 N–H and O–H groups in total. The molecule has 0 spiro atoms. The molecule has 0 radical (unpaired) electrons. The van der Waals surface area contributed by atoms with Crippen molar-refractivity contribution in [2.75, 3.05) is 26.3 Å². The Hall–Kier alpha value is -1.10. The largest absolute Gasteiger partial charge is 0.487 e. The van der Waals surface area contributed by atoms with Gasteiger partial charge in [-0.05, 0) is 31.0 Å². The van der Waals surface area contributed by atoms with Crippen LogP contribution in [0.15, 0.2) is 18.2 Å². The normalized spacial score (nSPS) is 22.0. The van der Waals surface area contributed by atoms with Crippen LogP contribution in [0, 0.1) is 0 Å². The number of hydrazine groups is 1. The summed E-state index contributed by atoms with van der Waals surface area (Å²) >= 11 is 0. The summed E-state index contributed by atoms with van der Waals surface area (Å²) in [5.41, 5.74) is 6.04. The number of rotatable bonds is 3. The van der Waals surface area contributed by atoms with E-state index in [4.69, 9.17) is 9.47 Å². The molecule has 19 heavy (non-hydrogen) atoms. The lowest BCUT2D eigenvalue weighted by molar-refractivity contribution is 0.0106. The van der Waals surface area contributed by atoms with Gasteiger partial charge in [-0.2, -0.15) is 0 Å². The quantitative estimate of drug-likeness (QED) is 0.899. The van der Waals surface area contributed by atoms with Gasteiger partial charge in [-0.1, -0.05) is 12.1 Å². The Balaban J connectivity index is 1.60. The second kappa shape index (κ2) is 5.12. The molecular weight excluding hydrogens is 240 g/mol. The van der Waals surface area contributed by atoms with Gasteiger partial charge >= 0.3 is 0 Å². The first-order chi connectivity index (χ1) is 9.12. The fraction of sp³-hybridized carbons (Fsp3) is 0.600. The molecular formula is C15H22N2O2. The van der Waals surface area contributed by atoms with Crippen LogP contribution >= 0.6 is 0 Å². The Morgan fingerprint density at radius 1 is 1.26 bits per heavy atom. The van der Waals surface area contributed by atoms with Crippen molar-refractivity contribution in [3.63, 3.8) is 0 Å². The molecule has 2 heterocycles. The van der Waals surface area contributed by atoms with Crippen molar-refractivity contribution >= 4 is 0 Å². The average molecular weight is 262 g/mol. The van der Waals surface area contributed by atoms with E-state index in [1.165, 1.54) is 11.1 Å². The number of hydrogen-bond acceptors (Lipinski definition) is 4. The molecule has 1 saturated heterocycles. The Kier molecular flexibility index (Phi) is 3.48. The highest BCUT2D eigenvalue weighted by Crippen LogP contribution is 2.35. The molecule has 0 aromatic heterocycles. The number of ether oxygens (including phenoxy) is 2. The van der Waals surface area contributed by atoms with Crippen LogP contribution in [0.2, 0.25) is 0 Å². The lowest BCUT2D eigenvalue weighted by atomic mass is 10.0. The van der Waals surface area contributed by atoms with Crippen LogP contribution in [0.25, 0.3) is 0 Å². The maximum absolute atomic E-state index is 5.90. The Bertz CT molecular complexity index is 453. The van der Waals surface area contributed by atoms with Crippen LogP contribution in [-0.4, -0.2) is 36.9 Å². The third kappa shape index (κ3) is 3.08. The summed E-state index contributed by atoms with van der Waals surface area (Å²) < 4.78 is 11.2. The maximum atomic E-state index is 5.90. The van der Waals surface area contributed by atoms with Gasteiger partial charge in [0.05, 0.1) is 13.2 Å². The van der Waals surface area contributed by atoms with Gasteiger partial charge in [0.1, 0.15) is 11.4 Å². The summed E-state index contributed by atoms with van der Waals surface area (Å²) in [6.07, 6.45) is 0.994. The molecule has 0 amide bonds. The number of benzene rings is 1. The monoisotopic (exact) mass is 262 g/mol. The highest BCUT2D eigenvalue weighted by Gasteiger charge is 2.29. The summed E-state index contributed by atoms with van der Waals surface area (Å²) in [5.74, 6) is 1.04. The molecule has 3 rings (SSSR count). The first-order valence-corrected chi connectivity index (χ1v) is 6.99. The molecule has 0 atom stereocenters. The van der Waals surface area contributed by atoms with Crippen molar-refractivity contribution in [2.24, 2.45) is 0 Å². The van der Waals surface area contributed by atoms with E-state index in [0.717, 1.165) is 45.0 Å². The fourth-order valence-corrected chi connectivity index (χ4v) is 2.70. The Labute approximate surface area is 114 Å². The van der Waals surface area contributed by atoms with Gasteiger partial charge in [-0.15, -0.1) is 0 Å². The Morgan fingerprint density at radius 2 is 2.05 bits per heavy atom. The molecule has 4 nitrogen and oxygen atoms in total. The van der Waals surface area contributed by atoms with Crippen LogP contribution in [-0.2, 0) is 17.7 Å². The van der Waals surface area contributed by atoms with Gasteiger partial charge in [0.15, 0.2) is 0 Å². The first-order valence-electron chi connectivity index (χ1n) is 6.99. The number of hydrogen-bond donors (Lipinski definition) is 1. The number of nitrogens with one attached hydrogen (secondary N) is 1. The summed E-state index contributed by atoms with van der Waals surface area (Å²) in [4.78, 5) is 0. The summed E-state index contributed by atoms with van der Waals surface area (Å²) in [7, 11) is 0. The molecule has 2 aliphatic heterocycles. The summed E-state index contributed by atoms with van der Waals surface area (Å²) in [5, 5.41) is 2.23. The second-order valence-electron chi connectivity index (χ2n) is 5.91. The van der Waals surface area contributed by atoms with Crippen LogP contribution in [0.4, 0.5) is 0 Å². The van der Waals surface area contributed by atoms with E-state index >= 15 is 0 Å². The van der Waals surface area contributed by atoms with E-state index in [1.54, 1.807) is 0 Å². The third-order valence-electron chi connectivity index (χ3n) is 3.65. The minimum atomic E-state index is -0.0570. The van der Waals surface area contributed by atoms with Gasteiger partial charge in [0.2, 0.25) is 0 Å². The zero-order chi connectivity index (χ0) is 13.3. The molecule has 0 bridgehead atoms. The molecule has 0 saturated carbocycles. The van der Waals surface area contributed by atoms with E-state index in [1.807, 2.05) is 0 Å². The second-order valence-corrected chi connectivity index (χ2v) is 5.91. The lowest BCUT2D eigenvalue weighted by Gasteiger charge is -2.27. The highest BCUT2D eigenvalue weighted by molar-refractivity contribution is 5.41. The van der Waals surface area contributed by atoms with Crippen molar-refractivity contribution in [3.8, 4) is 5.75 Å². The number of morpholine rings is 1. The number of nitrogens with zero attached hydrogens (tertiary/aromatic N) is 1. The van der Waals surface area contributed by atoms with E-state index < -0.39 is 0 Å². The smallest absolute Gasteiger partial charge is 0.123 e. The van der Waals surface area contributed by atoms with E-state index in [0.29, 0.717) is 0 Å². The standard InChI is InChI=1S/C15H22N2O2/c1-15(2)10-13-9-12(3-4-14(13)19-15)11-16-17-5-7-18-8-6-17/h3-4,9,16H,5-8,10-11H2,1-2H3. The van der Waals surface area contributed by atoms with Crippen molar-refractivity contribution in [3.05, 3.63) is 29.3 Å². The Morgan fingerprint density at radius 3 is 2.84 bits per heavy atom. The molecule has 1 aromatic carbocycles. The van der Waals surface area contributed by atoms with Gasteiger partial charge in [0, 0.05) is 26.1 Å². The molecule has 0 aliphatic carbocycles. The maximum Gasteiger partial charge on any atom is 0.123 e. The van der Waals surface area contributed by atoms with Crippen LogP contribution in [0.3, 0.4) is 0 Å². The fourth-order valence-electron chi connectivity index (χ4n) is 2.70.